The van der Waals surface area contributed by atoms with Crippen molar-refractivity contribution in [1.82, 2.24) is 4.90 Å². The zero-order valence-corrected chi connectivity index (χ0v) is 22.3. The number of hydrogen-bond donors (Lipinski definition) is 2. The molecule has 2 fully saturated rings. The van der Waals surface area contributed by atoms with Crippen LogP contribution in [0.4, 0.5) is 0 Å². The fourth-order valence-corrected chi connectivity index (χ4v) is 6.48. The van der Waals surface area contributed by atoms with Crippen molar-refractivity contribution in [1.29, 1.82) is 0 Å². The van der Waals surface area contributed by atoms with Gasteiger partial charge < -0.3 is 10.2 Å². The van der Waals surface area contributed by atoms with Crippen LogP contribution in [0.25, 0.3) is 0 Å². The summed E-state index contributed by atoms with van der Waals surface area (Å²) in [7, 11) is 0. The van der Waals surface area contributed by atoms with E-state index in [0.29, 0.717) is 18.8 Å². The second-order valence-corrected chi connectivity index (χ2v) is 12.2. The summed E-state index contributed by atoms with van der Waals surface area (Å²) < 4.78 is 0. The van der Waals surface area contributed by atoms with Crippen molar-refractivity contribution in [2.45, 2.75) is 108 Å². The van der Waals surface area contributed by atoms with Crippen molar-refractivity contribution >= 4 is 0 Å². The standard InChI is InChI=1S/C32H47NO2/c1-30(2,3)26-18-20-29(21-19-26)32(35,33-24-11-6-12-25-33)23-13-22-31(34,27-14-7-4-8-15-27)28-16-9-5-10-17-28/h4,7-8,14-15,18-21,28,34-35H,5-6,9-13,16-17,22-25H2,1-3H3. The summed E-state index contributed by atoms with van der Waals surface area (Å²) in [5, 5.41) is 24.3. The maximum absolute atomic E-state index is 12.2. The van der Waals surface area contributed by atoms with Crippen LogP contribution in [-0.2, 0) is 16.7 Å². The van der Waals surface area contributed by atoms with Gasteiger partial charge in [-0.05, 0) is 73.0 Å². The van der Waals surface area contributed by atoms with Crippen LogP contribution in [0.15, 0.2) is 54.6 Å². The summed E-state index contributed by atoms with van der Waals surface area (Å²) >= 11 is 0. The Balaban J connectivity index is 1.57. The molecule has 1 aliphatic heterocycles. The van der Waals surface area contributed by atoms with Gasteiger partial charge in [0.05, 0.1) is 5.60 Å². The molecule has 192 valence electrons. The van der Waals surface area contributed by atoms with E-state index in [1.165, 1.54) is 31.2 Å². The van der Waals surface area contributed by atoms with E-state index in [2.05, 4.69) is 62.1 Å². The average Bonchev–Trinajstić information content (AvgIpc) is 2.89. The topological polar surface area (TPSA) is 43.7 Å². The van der Waals surface area contributed by atoms with Gasteiger partial charge in [0.25, 0.3) is 0 Å². The van der Waals surface area contributed by atoms with Gasteiger partial charge in [-0.15, -0.1) is 0 Å². The number of aliphatic hydroxyl groups is 2. The quantitative estimate of drug-likeness (QED) is 0.421. The third-order valence-electron chi connectivity index (χ3n) is 8.73. The number of nitrogens with zero attached hydrogens (tertiary/aromatic N) is 1. The van der Waals surface area contributed by atoms with Crippen molar-refractivity contribution in [3.63, 3.8) is 0 Å². The first-order valence-corrected chi connectivity index (χ1v) is 14.1. The van der Waals surface area contributed by atoms with Crippen LogP contribution in [-0.4, -0.2) is 28.2 Å². The van der Waals surface area contributed by atoms with Crippen molar-refractivity contribution in [3.05, 3.63) is 71.3 Å². The minimum atomic E-state index is -0.985. The lowest BCUT2D eigenvalue weighted by molar-refractivity contribution is -0.135. The van der Waals surface area contributed by atoms with Gasteiger partial charge in [-0.1, -0.05) is 101 Å². The van der Waals surface area contributed by atoms with E-state index in [9.17, 15) is 10.2 Å². The minimum Gasteiger partial charge on any atom is -0.385 e. The van der Waals surface area contributed by atoms with Gasteiger partial charge in [0.1, 0.15) is 5.72 Å². The summed E-state index contributed by atoms with van der Waals surface area (Å²) in [4.78, 5) is 2.30. The summed E-state index contributed by atoms with van der Waals surface area (Å²) in [6.45, 7) is 8.56. The fourth-order valence-electron chi connectivity index (χ4n) is 6.48. The molecule has 0 amide bonds. The van der Waals surface area contributed by atoms with E-state index in [1.54, 1.807) is 0 Å². The lowest BCUT2D eigenvalue weighted by Gasteiger charge is -2.44. The number of piperidine rings is 1. The van der Waals surface area contributed by atoms with Gasteiger partial charge in [0.15, 0.2) is 0 Å². The second-order valence-electron chi connectivity index (χ2n) is 12.2. The Kier molecular flexibility index (Phi) is 8.41. The van der Waals surface area contributed by atoms with Crippen LogP contribution >= 0.6 is 0 Å². The van der Waals surface area contributed by atoms with Gasteiger partial charge in [0, 0.05) is 13.1 Å². The van der Waals surface area contributed by atoms with Gasteiger partial charge >= 0.3 is 0 Å². The molecule has 1 heterocycles. The summed E-state index contributed by atoms with van der Waals surface area (Å²) in [5.41, 5.74) is 1.62. The summed E-state index contributed by atoms with van der Waals surface area (Å²) in [5.74, 6) is 0.299. The molecule has 0 bridgehead atoms. The lowest BCUT2D eigenvalue weighted by atomic mass is 9.71. The van der Waals surface area contributed by atoms with Crippen molar-refractivity contribution in [2.24, 2.45) is 5.92 Å². The van der Waals surface area contributed by atoms with Gasteiger partial charge in [-0.2, -0.15) is 0 Å². The predicted molar refractivity (Wildman–Crippen MR) is 145 cm³/mol. The van der Waals surface area contributed by atoms with Gasteiger partial charge in [-0.25, -0.2) is 0 Å². The monoisotopic (exact) mass is 477 g/mol. The Morgan fingerprint density at radius 2 is 1.26 bits per heavy atom. The second kappa shape index (κ2) is 11.2. The van der Waals surface area contributed by atoms with Gasteiger partial charge in [-0.3, -0.25) is 4.90 Å². The SMILES string of the molecule is CC(C)(C)c1ccc(C(O)(CCCC(O)(c2ccccc2)C2CCCCC2)N2CCCCC2)cc1. The van der Waals surface area contributed by atoms with E-state index in [1.807, 2.05) is 18.2 Å². The molecule has 2 aromatic carbocycles. The van der Waals surface area contributed by atoms with E-state index in [4.69, 9.17) is 0 Å². The zero-order chi connectivity index (χ0) is 24.9. The molecule has 1 aliphatic carbocycles. The number of hydrogen-bond acceptors (Lipinski definition) is 3. The first-order valence-electron chi connectivity index (χ1n) is 14.1. The largest absolute Gasteiger partial charge is 0.385 e. The highest BCUT2D eigenvalue weighted by atomic mass is 16.3. The van der Waals surface area contributed by atoms with Crippen LogP contribution in [0.5, 0.6) is 0 Å². The molecule has 2 N–H and O–H groups in total. The number of benzene rings is 2. The third kappa shape index (κ3) is 6.01. The highest BCUT2D eigenvalue weighted by molar-refractivity contribution is 5.31. The van der Waals surface area contributed by atoms with Crippen molar-refractivity contribution in [2.75, 3.05) is 13.1 Å². The zero-order valence-electron chi connectivity index (χ0n) is 22.3. The smallest absolute Gasteiger partial charge is 0.144 e. The molecule has 3 heteroatoms. The molecule has 2 atom stereocenters. The van der Waals surface area contributed by atoms with Crippen LogP contribution in [0, 0.1) is 5.92 Å². The van der Waals surface area contributed by atoms with E-state index >= 15 is 0 Å². The molecule has 2 aromatic rings. The first-order chi connectivity index (χ1) is 16.7. The molecular formula is C32H47NO2. The van der Waals surface area contributed by atoms with Crippen molar-refractivity contribution in [3.8, 4) is 0 Å². The molecule has 3 nitrogen and oxygen atoms in total. The van der Waals surface area contributed by atoms with E-state index in [0.717, 1.165) is 56.3 Å². The molecule has 0 radical (unpaired) electrons. The maximum atomic E-state index is 12.2. The predicted octanol–water partition coefficient (Wildman–Crippen LogP) is 7.25. The Hall–Kier alpha value is -1.68. The first kappa shape index (κ1) is 26.4. The molecule has 4 rings (SSSR count). The molecule has 0 aromatic heterocycles. The molecule has 1 saturated heterocycles. The Morgan fingerprint density at radius 1 is 0.686 bits per heavy atom. The highest BCUT2D eigenvalue weighted by Gasteiger charge is 2.41. The summed E-state index contributed by atoms with van der Waals surface area (Å²) in [6.07, 6.45) is 11.5. The number of likely N-dealkylation sites (tertiary alicyclic amines) is 1. The maximum Gasteiger partial charge on any atom is 0.144 e. The van der Waals surface area contributed by atoms with Crippen LogP contribution in [0.3, 0.4) is 0 Å². The minimum absolute atomic E-state index is 0.0912. The molecule has 2 aliphatic rings. The fraction of sp³-hybridized carbons (Fsp3) is 0.625. The molecular weight excluding hydrogens is 430 g/mol. The molecule has 35 heavy (non-hydrogen) atoms. The average molecular weight is 478 g/mol. The third-order valence-corrected chi connectivity index (χ3v) is 8.73. The lowest BCUT2D eigenvalue weighted by Crippen LogP contribution is -2.49. The van der Waals surface area contributed by atoms with E-state index < -0.39 is 11.3 Å². The molecule has 0 spiro atoms. The number of rotatable bonds is 8. The molecule has 1 saturated carbocycles. The van der Waals surface area contributed by atoms with Crippen LogP contribution < -0.4 is 0 Å². The van der Waals surface area contributed by atoms with Gasteiger partial charge in [0.2, 0.25) is 0 Å². The highest BCUT2D eigenvalue weighted by Crippen LogP contribution is 2.44. The molecule has 2 unspecified atom stereocenters. The summed E-state index contributed by atoms with van der Waals surface area (Å²) in [6, 6.07) is 19.0. The van der Waals surface area contributed by atoms with Crippen LogP contribution in [0.1, 0.15) is 108 Å². The van der Waals surface area contributed by atoms with E-state index in [-0.39, 0.29) is 5.41 Å². The Bertz CT molecular complexity index is 907. The Labute approximate surface area is 213 Å². The van der Waals surface area contributed by atoms with Crippen LogP contribution in [0.2, 0.25) is 0 Å². The normalized spacial score (nSPS) is 21.9. The van der Waals surface area contributed by atoms with Crippen molar-refractivity contribution < 1.29 is 10.2 Å². The Morgan fingerprint density at radius 3 is 1.86 bits per heavy atom.